The average Bonchev–Trinajstić information content (AvgIpc) is 2.55. The first-order valence-corrected chi connectivity index (χ1v) is 6.49. The molecular weight excluding hydrogens is 244 g/mol. The van der Waals surface area contributed by atoms with E-state index in [-0.39, 0.29) is 0 Å². The average molecular weight is 257 g/mol. The Kier molecular flexibility index (Phi) is 3.26. The van der Waals surface area contributed by atoms with Crippen LogP contribution in [0.25, 0.3) is 27.2 Å². The highest BCUT2D eigenvalue weighted by Gasteiger charge is 2.17. The Morgan fingerprint density at radius 3 is 1.80 bits per heavy atom. The van der Waals surface area contributed by atoms with E-state index in [0.29, 0.717) is 5.69 Å². The molecule has 0 bridgehead atoms. The first-order valence-electron chi connectivity index (χ1n) is 6.49. The molecule has 20 heavy (non-hydrogen) atoms. The van der Waals surface area contributed by atoms with E-state index in [9.17, 15) is 0 Å². The highest BCUT2D eigenvalue weighted by atomic mass is 14.8. The highest BCUT2D eigenvalue weighted by molar-refractivity contribution is 5.89. The zero-order valence-corrected chi connectivity index (χ0v) is 10.9. The summed E-state index contributed by atoms with van der Waals surface area (Å²) < 4.78 is 0. The monoisotopic (exact) mass is 257 g/mol. The zero-order chi connectivity index (χ0) is 13.8. The third-order valence-corrected chi connectivity index (χ3v) is 3.31. The lowest BCUT2D eigenvalue weighted by Gasteiger charge is -2.08. The van der Waals surface area contributed by atoms with Crippen molar-refractivity contribution in [1.82, 2.24) is 0 Å². The summed E-state index contributed by atoms with van der Waals surface area (Å²) in [7, 11) is 0. The van der Waals surface area contributed by atoms with Gasteiger partial charge in [0.1, 0.15) is 0 Å². The molecule has 0 saturated heterocycles. The van der Waals surface area contributed by atoms with Gasteiger partial charge in [0, 0.05) is 6.07 Å². The van der Waals surface area contributed by atoms with Crippen LogP contribution in [0.2, 0.25) is 0 Å². The van der Waals surface area contributed by atoms with Gasteiger partial charge in [0.25, 0.3) is 0 Å². The Labute approximate surface area is 118 Å². The molecule has 2 nitrogen and oxygen atoms in total. The molecule has 0 saturated carbocycles. The topological polar surface area (TPSA) is 28.1 Å². The van der Waals surface area contributed by atoms with Crippen LogP contribution >= 0.6 is 0 Å². The standard InChI is InChI=1S/C18H13N2/c19-20-18-13-7-6-12-17(18)16-11-5-4-10-15(16)14-8-2-1-3-9-14/h1-13H/q+1. The van der Waals surface area contributed by atoms with Crippen LogP contribution in [-0.2, 0) is 0 Å². The summed E-state index contributed by atoms with van der Waals surface area (Å²) in [5, 5.41) is 9.17. The van der Waals surface area contributed by atoms with Crippen LogP contribution in [0.15, 0.2) is 78.9 Å². The molecule has 3 aromatic carbocycles. The second-order valence-electron chi connectivity index (χ2n) is 4.53. The zero-order valence-electron chi connectivity index (χ0n) is 10.9. The third-order valence-electron chi connectivity index (χ3n) is 3.31. The Bertz CT molecular complexity index is 771. The molecular formula is C18H13N2+. The molecule has 3 aromatic rings. The van der Waals surface area contributed by atoms with Crippen molar-refractivity contribution in [3.63, 3.8) is 0 Å². The SMILES string of the molecule is N#[N+]c1ccccc1-c1ccccc1-c1ccccc1. The normalized spacial score (nSPS) is 9.95. The van der Waals surface area contributed by atoms with Gasteiger partial charge in [0.2, 0.25) is 5.39 Å². The summed E-state index contributed by atoms with van der Waals surface area (Å²) in [6.45, 7) is 0. The maximum absolute atomic E-state index is 9.17. The lowest BCUT2D eigenvalue weighted by atomic mass is 9.94. The van der Waals surface area contributed by atoms with Gasteiger partial charge in [-0.3, -0.25) is 0 Å². The van der Waals surface area contributed by atoms with Gasteiger partial charge in [-0.2, -0.15) is 0 Å². The van der Waals surface area contributed by atoms with Crippen LogP contribution in [0.3, 0.4) is 0 Å². The smallest absolute Gasteiger partial charge is 0.0622 e. The molecule has 3 rings (SSSR count). The second-order valence-corrected chi connectivity index (χ2v) is 4.53. The van der Waals surface area contributed by atoms with E-state index < -0.39 is 0 Å². The Morgan fingerprint density at radius 1 is 0.550 bits per heavy atom. The summed E-state index contributed by atoms with van der Waals surface area (Å²) >= 11 is 0. The lowest BCUT2D eigenvalue weighted by molar-refractivity contribution is 1.46. The molecule has 0 aliphatic heterocycles. The quantitative estimate of drug-likeness (QED) is 0.557. The number of nitrogens with zero attached hydrogens (tertiary/aromatic N) is 2. The largest absolute Gasteiger partial charge is 0.392 e. The number of hydrogen-bond acceptors (Lipinski definition) is 1. The highest BCUT2D eigenvalue weighted by Crippen LogP contribution is 2.36. The maximum Gasteiger partial charge on any atom is 0.392 e. The number of benzene rings is 3. The van der Waals surface area contributed by atoms with Gasteiger partial charge < -0.3 is 0 Å². The van der Waals surface area contributed by atoms with E-state index in [4.69, 9.17) is 5.39 Å². The first-order chi connectivity index (χ1) is 9.90. The number of rotatable bonds is 2. The predicted octanol–water partition coefficient (Wildman–Crippen LogP) is 5.51. The minimum Gasteiger partial charge on any atom is -0.0622 e. The van der Waals surface area contributed by atoms with E-state index in [1.165, 1.54) is 0 Å². The van der Waals surface area contributed by atoms with E-state index in [1.54, 1.807) is 6.07 Å². The molecule has 0 aliphatic carbocycles. The van der Waals surface area contributed by atoms with Gasteiger partial charge in [0.05, 0.1) is 5.56 Å². The molecule has 2 heteroatoms. The van der Waals surface area contributed by atoms with Crippen LogP contribution in [0.1, 0.15) is 0 Å². The predicted molar refractivity (Wildman–Crippen MR) is 82.1 cm³/mol. The van der Waals surface area contributed by atoms with Crippen LogP contribution in [0.5, 0.6) is 0 Å². The fourth-order valence-corrected chi connectivity index (χ4v) is 2.38. The minimum absolute atomic E-state index is 0.580. The van der Waals surface area contributed by atoms with E-state index >= 15 is 0 Å². The van der Waals surface area contributed by atoms with Crippen molar-refractivity contribution in [3.8, 4) is 22.3 Å². The molecule has 0 N–H and O–H groups in total. The van der Waals surface area contributed by atoms with Gasteiger partial charge in [-0.1, -0.05) is 66.7 Å². The van der Waals surface area contributed by atoms with E-state index in [1.807, 2.05) is 54.6 Å². The van der Waals surface area contributed by atoms with Gasteiger partial charge in [0.15, 0.2) is 4.98 Å². The lowest BCUT2D eigenvalue weighted by Crippen LogP contribution is -1.84. The summed E-state index contributed by atoms with van der Waals surface area (Å²) in [5.74, 6) is 0. The van der Waals surface area contributed by atoms with Crippen LogP contribution in [0, 0.1) is 5.39 Å². The summed E-state index contributed by atoms with van der Waals surface area (Å²) in [6, 6.07) is 25.9. The summed E-state index contributed by atoms with van der Waals surface area (Å²) in [5.41, 5.74) is 4.84. The fraction of sp³-hybridized carbons (Fsp3) is 0. The molecule has 0 aliphatic rings. The van der Waals surface area contributed by atoms with Crippen molar-refractivity contribution < 1.29 is 0 Å². The number of diazo groups is 1. The Morgan fingerprint density at radius 2 is 1.10 bits per heavy atom. The molecule has 0 fully saturated rings. The molecule has 0 aromatic heterocycles. The van der Waals surface area contributed by atoms with Crippen LogP contribution in [0.4, 0.5) is 5.69 Å². The Balaban J connectivity index is 2.24. The molecule has 0 radical (unpaired) electrons. The summed E-state index contributed by atoms with van der Waals surface area (Å²) in [6.07, 6.45) is 0. The minimum atomic E-state index is 0.580. The van der Waals surface area contributed by atoms with Crippen LogP contribution < -0.4 is 0 Å². The number of hydrogen-bond donors (Lipinski definition) is 0. The van der Waals surface area contributed by atoms with Gasteiger partial charge in [-0.05, 0) is 22.8 Å². The summed E-state index contributed by atoms with van der Waals surface area (Å²) in [4.78, 5) is 3.38. The van der Waals surface area contributed by atoms with Crippen molar-refractivity contribution in [2.45, 2.75) is 0 Å². The first kappa shape index (κ1) is 12.1. The van der Waals surface area contributed by atoms with Crippen molar-refractivity contribution >= 4 is 5.69 Å². The van der Waals surface area contributed by atoms with Gasteiger partial charge >= 0.3 is 5.69 Å². The molecule has 0 heterocycles. The van der Waals surface area contributed by atoms with Crippen molar-refractivity contribution in [2.75, 3.05) is 0 Å². The molecule has 0 amide bonds. The molecule has 0 spiro atoms. The second kappa shape index (κ2) is 5.38. The van der Waals surface area contributed by atoms with Crippen molar-refractivity contribution in [3.05, 3.63) is 83.8 Å². The van der Waals surface area contributed by atoms with Crippen molar-refractivity contribution in [2.24, 2.45) is 0 Å². The Hall–Kier alpha value is -2.92. The third kappa shape index (κ3) is 2.17. The van der Waals surface area contributed by atoms with Gasteiger partial charge in [-0.25, -0.2) is 0 Å². The fourth-order valence-electron chi connectivity index (χ4n) is 2.38. The maximum atomic E-state index is 9.17. The van der Waals surface area contributed by atoms with E-state index in [0.717, 1.165) is 22.3 Å². The molecule has 0 unspecified atom stereocenters. The van der Waals surface area contributed by atoms with Gasteiger partial charge in [-0.15, -0.1) is 0 Å². The molecule has 0 atom stereocenters. The van der Waals surface area contributed by atoms with Crippen LogP contribution in [-0.4, -0.2) is 0 Å². The van der Waals surface area contributed by atoms with E-state index in [2.05, 4.69) is 23.2 Å². The molecule has 94 valence electrons. The van der Waals surface area contributed by atoms with Crippen molar-refractivity contribution in [1.29, 1.82) is 5.39 Å².